The first-order chi connectivity index (χ1) is 12.3. The topological polar surface area (TPSA) is 75.6 Å². The van der Waals surface area contributed by atoms with E-state index in [0.717, 1.165) is 32.1 Å². The Balaban J connectivity index is 1.70. The Bertz CT molecular complexity index is 658. The number of allylic oxidation sites excluding steroid dienone is 1. The van der Waals surface area contributed by atoms with Crippen LogP contribution >= 0.6 is 0 Å². The fraction of sp³-hybridized carbons (Fsp3) is 0.810. The van der Waals surface area contributed by atoms with Gasteiger partial charge in [0.05, 0.1) is 19.1 Å². The first-order valence-electron chi connectivity index (χ1n) is 10.1. The van der Waals surface area contributed by atoms with E-state index in [-0.39, 0.29) is 34.5 Å². The molecule has 1 heterocycles. The van der Waals surface area contributed by atoms with Gasteiger partial charge in [-0.3, -0.25) is 9.59 Å². The number of methoxy groups -OCH3 is 1. The fourth-order valence-corrected chi connectivity index (χ4v) is 7.22. The zero-order chi connectivity index (χ0) is 18.7. The number of ether oxygens (including phenoxy) is 1. The minimum absolute atomic E-state index is 0.00364. The molecule has 4 aliphatic rings. The zero-order valence-corrected chi connectivity index (χ0v) is 16.1. The third kappa shape index (κ3) is 2.39. The van der Waals surface area contributed by atoms with E-state index >= 15 is 0 Å². The number of amides is 1. The van der Waals surface area contributed by atoms with Crippen LogP contribution in [0.4, 0.5) is 0 Å². The monoisotopic (exact) mass is 361 g/mol. The van der Waals surface area contributed by atoms with Gasteiger partial charge in [-0.2, -0.15) is 0 Å². The maximum atomic E-state index is 12.4. The molecule has 0 spiro atoms. The van der Waals surface area contributed by atoms with E-state index in [1.54, 1.807) is 6.08 Å². The van der Waals surface area contributed by atoms with Crippen molar-refractivity contribution in [3.8, 4) is 0 Å². The summed E-state index contributed by atoms with van der Waals surface area (Å²) in [5.74, 6) is 0.815. The van der Waals surface area contributed by atoms with Crippen molar-refractivity contribution in [2.75, 3.05) is 13.7 Å². The zero-order valence-electron chi connectivity index (χ0n) is 16.1. The smallest absolute Gasteiger partial charge is 0.309 e. The molecule has 1 amide bonds. The first kappa shape index (κ1) is 18.0. The molecule has 144 valence electrons. The molecule has 3 aliphatic carbocycles. The van der Waals surface area contributed by atoms with Crippen LogP contribution in [0.1, 0.15) is 52.4 Å². The minimum atomic E-state index is -0.437. The van der Waals surface area contributed by atoms with Crippen molar-refractivity contribution < 1.29 is 19.4 Å². The van der Waals surface area contributed by atoms with Crippen molar-refractivity contribution in [3.05, 3.63) is 11.6 Å². The van der Waals surface area contributed by atoms with Gasteiger partial charge >= 0.3 is 5.97 Å². The summed E-state index contributed by atoms with van der Waals surface area (Å²) in [5, 5.41) is 14.2. The Morgan fingerprint density at radius 3 is 2.81 bits per heavy atom. The lowest BCUT2D eigenvalue weighted by Gasteiger charge is -2.58. The van der Waals surface area contributed by atoms with E-state index in [2.05, 4.69) is 19.2 Å². The Labute approximate surface area is 155 Å². The first-order valence-corrected chi connectivity index (χ1v) is 10.1. The lowest BCUT2D eigenvalue weighted by Crippen LogP contribution is -2.56. The summed E-state index contributed by atoms with van der Waals surface area (Å²) in [6, 6.07) is 0. The van der Waals surface area contributed by atoms with Gasteiger partial charge in [-0.1, -0.05) is 19.4 Å². The number of carbonyl (C=O) groups is 2. The molecule has 0 saturated heterocycles. The van der Waals surface area contributed by atoms with E-state index in [4.69, 9.17) is 4.74 Å². The molecule has 0 aromatic carbocycles. The van der Waals surface area contributed by atoms with Crippen molar-refractivity contribution in [2.24, 2.45) is 34.5 Å². The van der Waals surface area contributed by atoms with Gasteiger partial charge in [0, 0.05) is 12.6 Å². The number of esters is 1. The quantitative estimate of drug-likeness (QED) is 0.704. The second-order valence-corrected chi connectivity index (χ2v) is 9.39. The number of rotatable bonds is 1. The van der Waals surface area contributed by atoms with Crippen molar-refractivity contribution in [1.29, 1.82) is 0 Å². The summed E-state index contributed by atoms with van der Waals surface area (Å²) in [5.41, 5.74) is 0.898. The lowest BCUT2D eigenvalue weighted by molar-refractivity contribution is -0.160. The average Bonchev–Trinajstić information content (AvgIpc) is 2.84. The van der Waals surface area contributed by atoms with E-state index in [1.165, 1.54) is 12.7 Å². The van der Waals surface area contributed by atoms with Gasteiger partial charge in [-0.15, -0.1) is 0 Å². The Morgan fingerprint density at radius 1 is 1.31 bits per heavy atom. The van der Waals surface area contributed by atoms with Crippen LogP contribution in [0.3, 0.4) is 0 Å². The SMILES string of the molecule is COC(=O)[C@H]1CCC2C3CCC4=CC(=O)NCC[C@]4(C)C3[C@@H](O)C[C@@]21C. The second kappa shape index (κ2) is 6.08. The van der Waals surface area contributed by atoms with Crippen LogP contribution in [0.15, 0.2) is 11.6 Å². The Morgan fingerprint density at radius 2 is 2.08 bits per heavy atom. The van der Waals surface area contributed by atoms with Crippen LogP contribution in [-0.4, -0.2) is 36.7 Å². The molecule has 3 saturated carbocycles. The Hall–Kier alpha value is -1.36. The number of aliphatic hydroxyl groups is 1. The maximum absolute atomic E-state index is 12.4. The number of nitrogens with one attached hydrogen (secondary N) is 1. The second-order valence-electron chi connectivity index (χ2n) is 9.39. The molecule has 5 nitrogen and oxygen atoms in total. The van der Waals surface area contributed by atoms with Crippen LogP contribution in [0.25, 0.3) is 0 Å². The summed E-state index contributed by atoms with van der Waals surface area (Å²) in [7, 11) is 1.47. The van der Waals surface area contributed by atoms with Gasteiger partial charge in [0.25, 0.3) is 0 Å². The highest BCUT2D eigenvalue weighted by Crippen LogP contribution is 2.66. The predicted octanol–water partition coefficient (Wildman–Crippen LogP) is 2.44. The summed E-state index contributed by atoms with van der Waals surface area (Å²) in [6.45, 7) is 5.10. The molecule has 0 aromatic heterocycles. The standard InChI is InChI=1S/C21H31NO4/c1-20-8-9-22-17(24)10-12(20)4-5-13-14-6-7-15(19(25)26-3)21(14,2)11-16(23)18(13)20/h10,13-16,18,23H,4-9,11H2,1-3H3,(H,22,24)/t13?,14?,15-,16+,18?,20+,21+/m1/s1. The van der Waals surface area contributed by atoms with E-state index < -0.39 is 6.10 Å². The third-order valence-electron chi connectivity index (χ3n) is 8.40. The highest BCUT2D eigenvalue weighted by Gasteiger charge is 2.63. The van der Waals surface area contributed by atoms with Crippen molar-refractivity contribution in [1.82, 2.24) is 5.32 Å². The lowest BCUT2D eigenvalue weighted by atomic mass is 9.47. The van der Waals surface area contributed by atoms with Gasteiger partial charge < -0.3 is 15.2 Å². The molecule has 3 fully saturated rings. The molecule has 0 aromatic rings. The van der Waals surface area contributed by atoms with E-state index in [1.807, 2.05) is 0 Å². The third-order valence-corrected chi connectivity index (χ3v) is 8.40. The van der Waals surface area contributed by atoms with Gasteiger partial charge in [0.2, 0.25) is 5.91 Å². The number of hydrogen-bond donors (Lipinski definition) is 2. The van der Waals surface area contributed by atoms with Crippen LogP contribution in [0.2, 0.25) is 0 Å². The Kier molecular flexibility index (Phi) is 4.22. The minimum Gasteiger partial charge on any atom is -0.469 e. The van der Waals surface area contributed by atoms with Gasteiger partial charge in [0.15, 0.2) is 0 Å². The number of carbonyl (C=O) groups excluding carboxylic acids is 2. The van der Waals surface area contributed by atoms with Crippen molar-refractivity contribution in [3.63, 3.8) is 0 Å². The van der Waals surface area contributed by atoms with Crippen LogP contribution < -0.4 is 5.32 Å². The van der Waals surface area contributed by atoms with Gasteiger partial charge in [-0.05, 0) is 67.1 Å². The number of hydrogen-bond acceptors (Lipinski definition) is 4. The molecule has 26 heavy (non-hydrogen) atoms. The summed E-state index contributed by atoms with van der Waals surface area (Å²) >= 11 is 0. The molecule has 0 bridgehead atoms. The van der Waals surface area contributed by atoms with E-state index in [0.29, 0.717) is 24.8 Å². The average molecular weight is 361 g/mol. The van der Waals surface area contributed by atoms with E-state index in [9.17, 15) is 14.7 Å². The normalized spacial score (nSPS) is 47.6. The number of aliphatic hydroxyl groups excluding tert-OH is 1. The largest absolute Gasteiger partial charge is 0.469 e. The van der Waals surface area contributed by atoms with Crippen molar-refractivity contribution in [2.45, 2.75) is 58.5 Å². The summed E-state index contributed by atoms with van der Waals surface area (Å²) < 4.78 is 5.08. The maximum Gasteiger partial charge on any atom is 0.309 e. The molecule has 2 N–H and O–H groups in total. The molecular formula is C21H31NO4. The highest BCUT2D eigenvalue weighted by atomic mass is 16.5. The molecular weight excluding hydrogens is 330 g/mol. The molecule has 0 radical (unpaired) electrons. The predicted molar refractivity (Wildman–Crippen MR) is 97.0 cm³/mol. The fourth-order valence-electron chi connectivity index (χ4n) is 7.22. The number of fused-ring (bicyclic) bond motifs is 5. The van der Waals surface area contributed by atoms with Crippen LogP contribution in [0.5, 0.6) is 0 Å². The van der Waals surface area contributed by atoms with Crippen LogP contribution in [0, 0.1) is 34.5 Å². The van der Waals surface area contributed by atoms with Crippen molar-refractivity contribution >= 4 is 11.9 Å². The van der Waals surface area contributed by atoms with Gasteiger partial charge in [0.1, 0.15) is 0 Å². The summed E-state index contributed by atoms with van der Waals surface area (Å²) in [6.07, 6.45) is 6.72. The molecule has 1 aliphatic heterocycles. The molecule has 4 rings (SSSR count). The molecule has 7 atom stereocenters. The molecule has 3 unspecified atom stereocenters. The van der Waals surface area contributed by atoms with Gasteiger partial charge in [-0.25, -0.2) is 0 Å². The highest BCUT2D eigenvalue weighted by molar-refractivity contribution is 5.88. The molecule has 5 heteroatoms. The van der Waals surface area contributed by atoms with Crippen LogP contribution in [-0.2, 0) is 14.3 Å². The summed E-state index contributed by atoms with van der Waals surface area (Å²) in [4.78, 5) is 24.4.